The number of carbonyl (C=O) groups is 1. The van der Waals surface area contributed by atoms with Crippen LogP contribution in [0.1, 0.15) is 10.4 Å². The summed E-state index contributed by atoms with van der Waals surface area (Å²) < 4.78 is 1.84. The second-order valence-corrected chi connectivity index (χ2v) is 4.18. The number of hydrogen-bond acceptors (Lipinski definition) is 3. The molecule has 3 aromatic rings. The topological polar surface area (TPSA) is 80.6 Å². The third-order valence-electron chi connectivity index (χ3n) is 3.04. The Morgan fingerprint density at radius 1 is 1.16 bits per heavy atom. The van der Waals surface area contributed by atoms with E-state index < -0.39 is 5.97 Å². The zero-order valence-corrected chi connectivity index (χ0v) is 9.95. The van der Waals surface area contributed by atoms with Gasteiger partial charge in [-0.2, -0.15) is 0 Å². The van der Waals surface area contributed by atoms with Crippen molar-refractivity contribution in [2.24, 2.45) is 0 Å². The normalized spacial score (nSPS) is 10.7. The van der Waals surface area contributed by atoms with Crippen molar-refractivity contribution in [3.05, 3.63) is 54.5 Å². The SMILES string of the molecule is Nc1c(-c2ccc(C(=O)O)cc2)ccn2ccnc12. The average Bonchev–Trinajstić information content (AvgIpc) is 2.88. The van der Waals surface area contributed by atoms with E-state index in [9.17, 15) is 4.79 Å². The van der Waals surface area contributed by atoms with Crippen LogP contribution >= 0.6 is 0 Å². The number of aromatic nitrogens is 2. The molecule has 0 aliphatic heterocycles. The molecule has 0 bridgehead atoms. The third-order valence-corrected chi connectivity index (χ3v) is 3.04. The summed E-state index contributed by atoms with van der Waals surface area (Å²) in [4.78, 5) is 15.0. The first-order chi connectivity index (χ1) is 9.16. The van der Waals surface area contributed by atoms with Gasteiger partial charge in [0.15, 0.2) is 5.65 Å². The zero-order chi connectivity index (χ0) is 13.4. The minimum absolute atomic E-state index is 0.254. The van der Waals surface area contributed by atoms with E-state index in [1.807, 2.05) is 22.9 Å². The van der Waals surface area contributed by atoms with E-state index in [1.54, 1.807) is 30.5 Å². The van der Waals surface area contributed by atoms with E-state index in [-0.39, 0.29) is 5.56 Å². The van der Waals surface area contributed by atoms with Crippen molar-refractivity contribution in [3.63, 3.8) is 0 Å². The van der Waals surface area contributed by atoms with Gasteiger partial charge in [-0.25, -0.2) is 9.78 Å². The highest BCUT2D eigenvalue weighted by atomic mass is 16.4. The number of nitrogens with two attached hydrogens (primary N) is 1. The molecule has 0 unspecified atom stereocenters. The van der Waals surface area contributed by atoms with Gasteiger partial charge >= 0.3 is 5.97 Å². The Morgan fingerprint density at radius 2 is 1.89 bits per heavy atom. The van der Waals surface area contributed by atoms with E-state index in [0.29, 0.717) is 11.3 Å². The Labute approximate surface area is 108 Å². The lowest BCUT2D eigenvalue weighted by molar-refractivity contribution is 0.0697. The van der Waals surface area contributed by atoms with E-state index in [0.717, 1.165) is 11.1 Å². The first kappa shape index (κ1) is 11.3. The van der Waals surface area contributed by atoms with Crippen LogP contribution in [-0.2, 0) is 0 Å². The number of hydrogen-bond donors (Lipinski definition) is 2. The monoisotopic (exact) mass is 253 g/mol. The Morgan fingerprint density at radius 3 is 2.58 bits per heavy atom. The molecule has 0 aliphatic rings. The van der Waals surface area contributed by atoms with Crippen molar-refractivity contribution in [3.8, 4) is 11.1 Å². The summed E-state index contributed by atoms with van der Waals surface area (Å²) in [5.74, 6) is -0.941. The number of anilines is 1. The number of aromatic carboxylic acids is 1. The number of nitrogen functional groups attached to an aromatic ring is 1. The van der Waals surface area contributed by atoms with E-state index in [2.05, 4.69) is 4.98 Å². The van der Waals surface area contributed by atoms with Gasteiger partial charge in [-0.1, -0.05) is 12.1 Å². The summed E-state index contributed by atoms with van der Waals surface area (Å²) in [7, 11) is 0. The average molecular weight is 253 g/mol. The minimum atomic E-state index is -0.941. The summed E-state index contributed by atoms with van der Waals surface area (Å²) in [5.41, 5.74) is 9.33. The van der Waals surface area contributed by atoms with Crippen LogP contribution in [0.15, 0.2) is 48.9 Å². The van der Waals surface area contributed by atoms with Crippen molar-refractivity contribution >= 4 is 17.3 Å². The summed E-state index contributed by atoms with van der Waals surface area (Å²) >= 11 is 0. The van der Waals surface area contributed by atoms with Gasteiger partial charge < -0.3 is 15.2 Å². The molecular formula is C14H11N3O2. The Hall–Kier alpha value is -2.82. The first-order valence-electron chi connectivity index (χ1n) is 5.71. The van der Waals surface area contributed by atoms with E-state index in [4.69, 9.17) is 10.8 Å². The lowest BCUT2D eigenvalue weighted by Crippen LogP contribution is -1.97. The quantitative estimate of drug-likeness (QED) is 0.734. The number of fused-ring (bicyclic) bond motifs is 1. The summed E-state index contributed by atoms with van der Waals surface area (Å²) in [6, 6.07) is 8.50. The minimum Gasteiger partial charge on any atom is -0.478 e. The van der Waals surface area contributed by atoms with Crippen molar-refractivity contribution in [2.45, 2.75) is 0 Å². The van der Waals surface area contributed by atoms with Crippen LogP contribution < -0.4 is 5.73 Å². The number of imidazole rings is 1. The molecule has 5 heteroatoms. The van der Waals surface area contributed by atoms with Gasteiger partial charge in [0.2, 0.25) is 0 Å². The van der Waals surface area contributed by atoms with Gasteiger partial charge in [0.1, 0.15) is 0 Å². The van der Waals surface area contributed by atoms with Gasteiger partial charge in [0.05, 0.1) is 11.3 Å². The van der Waals surface area contributed by atoms with Gasteiger partial charge in [-0.3, -0.25) is 0 Å². The molecule has 0 saturated heterocycles. The predicted molar refractivity (Wildman–Crippen MR) is 72.0 cm³/mol. The van der Waals surface area contributed by atoms with Crippen LogP contribution in [0.25, 0.3) is 16.8 Å². The Bertz CT molecular complexity index is 760. The summed E-state index contributed by atoms with van der Waals surface area (Å²) in [6.07, 6.45) is 5.38. The lowest BCUT2D eigenvalue weighted by Gasteiger charge is -2.07. The second-order valence-electron chi connectivity index (χ2n) is 4.18. The highest BCUT2D eigenvalue weighted by Gasteiger charge is 2.09. The maximum absolute atomic E-state index is 10.8. The molecule has 3 N–H and O–H groups in total. The number of benzene rings is 1. The third kappa shape index (κ3) is 1.81. The van der Waals surface area contributed by atoms with Crippen LogP contribution in [0.2, 0.25) is 0 Å². The molecule has 0 aliphatic carbocycles. The maximum atomic E-state index is 10.8. The number of rotatable bonds is 2. The van der Waals surface area contributed by atoms with Crippen LogP contribution in [0.3, 0.4) is 0 Å². The smallest absolute Gasteiger partial charge is 0.335 e. The zero-order valence-electron chi connectivity index (χ0n) is 9.95. The summed E-state index contributed by atoms with van der Waals surface area (Å²) in [5, 5.41) is 8.88. The van der Waals surface area contributed by atoms with E-state index in [1.165, 1.54) is 0 Å². The standard InChI is InChI=1S/C14H11N3O2/c15-12-11(5-7-17-8-6-16-13(12)17)9-1-3-10(4-2-9)14(18)19/h1-8H,15H2,(H,18,19). The molecule has 19 heavy (non-hydrogen) atoms. The molecular weight excluding hydrogens is 242 g/mol. The van der Waals surface area contributed by atoms with Crippen molar-refractivity contribution in [1.29, 1.82) is 0 Å². The summed E-state index contributed by atoms with van der Waals surface area (Å²) in [6.45, 7) is 0. The Kier molecular flexibility index (Phi) is 2.45. The molecule has 1 aromatic carbocycles. The van der Waals surface area contributed by atoms with Gasteiger partial charge in [0.25, 0.3) is 0 Å². The van der Waals surface area contributed by atoms with Crippen molar-refractivity contribution in [2.75, 3.05) is 5.73 Å². The molecule has 0 saturated carbocycles. The maximum Gasteiger partial charge on any atom is 0.335 e. The second kappa shape index (κ2) is 4.13. The van der Waals surface area contributed by atoms with E-state index >= 15 is 0 Å². The number of nitrogens with zero attached hydrogens (tertiary/aromatic N) is 2. The lowest BCUT2D eigenvalue weighted by atomic mass is 10.0. The fourth-order valence-electron chi connectivity index (χ4n) is 2.05. The van der Waals surface area contributed by atoms with Gasteiger partial charge in [0, 0.05) is 24.2 Å². The first-order valence-corrected chi connectivity index (χ1v) is 5.71. The van der Waals surface area contributed by atoms with Crippen molar-refractivity contribution in [1.82, 2.24) is 9.38 Å². The number of carboxylic acid groups (broad SMARTS) is 1. The van der Waals surface area contributed by atoms with Crippen LogP contribution in [0, 0.1) is 0 Å². The molecule has 0 radical (unpaired) electrons. The molecule has 0 atom stereocenters. The van der Waals surface area contributed by atoms with Gasteiger partial charge in [-0.05, 0) is 23.8 Å². The molecule has 0 spiro atoms. The molecule has 0 amide bonds. The molecule has 2 aromatic heterocycles. The molecule has 94 valence electrons. The Balaban J connectivity index is 2.13. The molecule has 5 nitrogen and oxygen atoms in total. The van der Waals surface area contributed by atoms with Crippen LogP contribution in [-0.4, -0.2) is 20.5 Å². The molecule has 2 heterocycles. The molecule has 0 fully saturated rings. The number of pyridine rings is 1. The highest BCUT2D eigenvalue weighted by molar-refractivity contribution is 5.90. The van der Waals surface area contributed by atoms with Crippen molar-refractivity contribution < 1.29 is 9.90 Å². The van der Waals surface area contributed by atoms with Crippen LogP contribution in [0.5, 0.6) is 0 Å². The molecule has 3 rings (SSSR count). The fourth-order valence-corrected chi connectivity index (χ4v) is 2.05. The largest absolute Gasteiger partial charge is 0.478 e. The van der Waals surface area contributed by atoms with Gasteiger partial charge in [-0.15, -0.1) is 0 Å². The number of carboxylic acids is 1. The highest BCUT2D eigenvalue weighted by Crippen LogP contribution is 2.28. The van der Waals surface area contributed by atoms with Crippen LogP contribution in [0.4, 0.5) is 5.69 Å². The predicted octanol–water partition coefficient (Wildman–Crippen LogP) is 2.28. The fraction of sp³-hybridized carbons (Fsp3) is 0.